The molecule has 0 radical (unpaired) electrons. The maximum absolute atomic E-state index is 5.96. The van der Waals surface area contributed by atoms with Gasteiger partial charge in [0.15, 0.2) is 5.96 Å². The Hall–Kier alpha value is -1.21. The lowest BCUT2D eigenvalue weighted by Gasteiger charge is -2.22. The molecule has 17 heavy (non-hydrogen) atoms. The van der Waals surface area contributed by atoms with E-state index >= 15 is 0 Å². The van der Waals surface area contributed by atoms with E-state index in [9.17, 15) is 0 Å². The highest BCUT2D eigenvalue weighted by Gasteiger charge is 2.53. The first kappa shape index (κ1) is 10.9. The van der Waals surface area contributed by atoms with E-state index in [2.05, 4.69) is 21.1 Å². The molecule has 4 heteroatoms. The summed E-state index contributed by atoms with van der Waals surface area (Å²) in [4.78, 5) is 6.63. The number of nitrogens with zero attached hydrogens (tertiary/aromatic N) is 2. The zero-order valence-electron chi connectivity index (χ0n) is 10.2. The minimum atomic E-state index is 0.501. The van der Waals surface area contributed by atoms with E-state index in [0.717, 1.165) is 19.0 Å². The van der Waals surface area contributed by atoms with E-state index in [-0.39, 0.29) is 0 Å². The standard InChI is InChI=1S/C13H19N3O/c1-3-6-15-13(14-2)16-7-9-10(8-16)12-5-4-11(9)17-12/h1,9-12H,4-8H2,2H3,(H,14,15). The summed E-state index contributed by atoms with van der Waals surface area (Å²) >= 11 is 0. The normalized spacial score (nSPS) is 39.3. The summed E-state index contributed by atoms with van der Waals surface area (Å²) in [7, 11) is 1.82. The summed E-state index contributed by atoms with van der Waals surface area (Å²) < 4.78 is 5.96. The van der Waals surface area contributed by atoms with Gasteiger partial charge in [-0.1, -0.05) is 5.92 Å². The molecular formula is C13H19N3O. The van der Waals surface area contributed by atoms with Crippen molar-refractivity contribution < 1.29 is 4.74 Å². The van der Waals surface area contributed by atoms with Gasteiger partial charge in [-0.05, 0) is 12.8 Å². The van der Waals surface area contributed by atoms with Gasteiger partial charge in [-0.15, -0.1) is 6.42 Å². The zero-order chi connectivity index (χ0) is 11.8. The molecule has 3 rings (SSSR count). The van der Waals surface area contributed by atoms with Crippen molar-refractivity contribution in [3.63, 3.8) is 0 Å². The highest BCUT2D eigenvalue weighted by Crippen LogP contribution is 2.47. The third-order valence-electron chi connectivity index (χ3n) is 4.31. The van der Waals surface area contributed by atoms with Crippen LogP contribution in [-0.4, -0.2) is 49.7 Å². The quantitative estimate of drug-likeness (QED) is 0.402. The molecule has 0 aromatic heterocycles. The van der Waals surface area contributed by atoms with Crippen LogP contribution >= 0.6 is 0 Å². The smallest absolute Gasteiger partial charge is 0.194 e. The summed E-state index contributed by atoms with van der Waals surface area (Å²) in [6, 6.07) is 0. The fourth-order valence-corrected chi connectivity index (χ4v) is 3.60. The van der Waals surface area contributed by atoms with Gasteiger partial charge in [0.25, 0.3) is 0 Å². The molecule has 0 amide bonds. The summed E-state index contributed by atoms with van der Waals surface area (Å²) in [5.41, 5.74) is 0. The Morgan fingerprint density at radius 3 is 2.59 bits per heavy atom. The van der Waals surface area contributed by atoms with E-state index in [1.807, 2.05) is 7.05 Å². The summed E-state index contributed by atoms with van der Waals surface area (Å²) in [5, 5.41) is 3.20. The monoisotopic (exact) mass is 233 g/mol. The van der Waals surface area contributed by atoms with Crippen LogP contribution in [0.4, 0.5) is 0 Å². The third-order valence-corrected chi connectivity index (χ3v) is 4.31. The first-order valence-corrected chi connectivity index (χ1v) is 6.38. The number of terminal acetylenes is 1. The predicted octanol–water partition coefficient (Wildman–Crippen LogP) is 0.304. The van der Waals surface area contributed by atoms with Gasteiger partial charge in [0, 0.05) is 32.0 Å². The molecule has 0 aliphatic carbocycles. The molecule has 3 aliphatic heterocycles. The van der Waals surface area contributed by atoms with E-state index in [0.29, 0.717) is 30.6 Å². The lowest BCUT2D eigenvalue weighted by Crippen LogP contribution is -2.41. The fourth-order valence-electron chi connectivity index (χ4n) is 3.60. The maximum atomic E-state index is 5.96. The number of aliphatic imine (C=N–C) groups is 1. The van der Waals surface area contributed by atoms with Crippen molar-refractivity contribution in [2.75, 3.05) is 26.7 Å². The van der Waals surface area contributed by atoms with Gasteiger partial charge in [-0.2, -0.15) is 0 Å². The average Bonchev–Trinajstić information content (AvgIpc) is 3.01. The van der Waals surface area contributed by atoms with Gasteiger partial charge in [0.05, 0.1) is 18.8 Å². The Kier molecular flexibility index (Phi) is 2.71. The van der Waals surface area contributed by atoms with Crippen LogP contribution in [-0.2, 0) is 4.74 Å². The summed E-state index contributed by atoms with van der Waals surface area (Å²) in [6.07, 6.45) is 8.76. The van der Waals surface area contributed by atoms with Crippen LogP contribution in [0.25, 0.3) is 0 Å². The number of likely N-dealkylation sites (tertiary alicyclic amines) is 1. The number of nitrogens with one attached hydrogen (secondary N) is 1. The first-order chi connectivity index (χ1) is 8.33. The number of rotatable bonds is 1. The van der Waals surface area contributed by atoms with Crippen LogP contribution in [0, 0.1) is 24.2 Å². The second-order valence-corrected chi connectivity index (χ2v) is 5.13. The Labute approximate surface area is 102 Å². The molecule has 2 bridgehead atoms. The lowest BCUT2D eigenvalue weighted by atomic mass is 9.82. The van der Waals surface area contributed by atoms with Gasteiger partial charge >= 0.3 is 0 Å². The molecule has 0 aromatic rings. The maximum Gasteiger partial charge on any atom is 0.194 e. The van der Waals surface area contributed by atoms with Crippen LogP contribution in [0.2, 0.25) is 0 Å². The van der Waals surface area contributed by atoms with Crippen LogP contribution in [0.3, 0.4) is 0 Å². The molecule has 4 unspecified atom stereocenters. The average molecular weight is 233 g/mol. The fraction of sp³-hybridized carbons (Fsp3) is 0.769. The number of ether oxygens (including phenoxy) is 1. The van der Waals surface area contributed by atoms with Crippen molar-refractivity contribution >= 4 is 5.96 Å². The second kappa shape index (κ2) is 4.23. The Balaban J connectivity index is 1.66. The topological polar surface area (TPSA) is 36.9 Å². The summed E-state index contributed by atoms with van der Waals surface area (Å²) in [5.74, 6) is 4.95. The molecule has 4 nitrogen and oxygen atoms in total. The number of fused-ring (bicyclic) bond motifs is 5. The molecule has 1 N–H and O–H groups in total. The zero-order valence-corrected chi connectivity index (χ0v) is 10.2. The van der Waals surface area contributed by atoms with Crippen LogP contribution in [0.15, 0.2) is 4.99 Å². The molecule has 0 aromatic carbocycles. The Bertz CT molecular complexity index is 355. The van der Waals surface area contributed by atoms with Crippen molar-refractivity contribution in [2.24, 2.45) is 16.8 Å². The highest BCUT2D eigenvalue weighted by atomic mass is 16.5. The van der Waals surface area contributed by atoms with Crippen molar-refractivity contribution in [1.82, 2.24) is 10.2 Å². The molecule has 0 saturated carbocycles. The van der Waals surface area contributed by atoms with E-state index in [1.165, 1.54) is 12.8 Å². The molecule has 0 spiro atoms. The minimum absolute atomic E-state index is 0.501. The van der Waals surface area contributed by atoms with Crippen molar-refractivity contribution in [1.29, 1.82) is 0 Å². The van der Waals surface area contributed by atoms with Crippen molar-refractivity contribution in [2.45, 2.75) is 25.0 Å². The van der Waals surface area contributed by atoms with Crippen molar-refractivity contribution in [3.05, 3.63) is 0 Å². The lowest BCUT2D eigenvalue weighted by molar-refractivity contribution is 0.0767. The molecule has 3 saturated heterocycles. The van der Waals surface area contributed by atoms with Crippen LogP contribution in [0.1, 0.15) is 12.8 Å². The predicted molar refractivity (Wildman–Crippen MR) is 66.6 cm³/mol. The van der Waals surface area contributed by atoms with Gasteiger partial charge in [-0.3, -0.25) is 4.99 Å². The molecule has 3 fully saturated rings. The Morgan fingerprint density at radius 2 is 2.06 bits per heavy atom. The number of guanidine groups is 1. The molecule has 3 heterocycles. The SMILES string of the molecule is C#CCNC(=NC)N1CC2C3CCC(O3)C2C1. The van der Waals surface area contributed by atoms with Crippen molar-refractivity contribution in [3.8, 4) is 12.3 Å². The molecule has 4 atom stereocenters. The van der Waals surface area contributed by atoms with E-state index in [1.54, 1.807) is 0 Å². The van der Waals surface area contributed by atoms with Crippen LogP contribution < -0.4 is 5.32 Å². The number of hydrogen-bond acceptors (Lipinski definition) is 2. The van der Waals surface area contributed by atoms with E-state index < -0.39 is 0 Å². The van der Waals surface area contributed by atoms with Gasteiger partial charge in [-0.25, -0.2) is 0 Å². The van der Waals surface area contributed by atoms with Crippen LogP contribution in [0.5, 0.6) is 0 Å². The highest BCUT2D eigenvalue weighted by molar-refractivity contribution is 5.80. The number of hydrogen-bond donors (Lipinski definition) is 1. The van der Waals surface area contributed by atoms with E-state index in [4.69, 9.17) is 11.2 Å². The largest absolute Gasteiger partial charge is 0.374 e. The summed E-state index contributed by atoms with van der Waals surface area (Å²) in [6.45, 7) is 2.67. The minimum Gasteiger partial charge on any atom is -0.374 e. The molecule has 3 aliphatic rings. The van der Waals surface area contributed by atoms with Gasteiger partial charge in [0.2, 0.25) is 0 Å². The second-order valence-electron chi connectivity index (χ2n) is 5.13. The first-order valence-electron chi connectivity index (χ1n) is 6.38. The molecular weight excluding hydrogens is 214 g/mol. The third kappa shape index (κ3) is 1.69. The van der Waals surface area contributed by atoms with Gasteiger partial charge < -0.3 is 15.0 Å². The van der Waals surface area contributed by atoms with Gasteiger partial charge in [0.1, 0.15) is 0 Å². The Morgan fingerprint density at radius 1 is 1.41 bits per heavy atom. The molecule has 92 valence electrons.